The zero-order valence-electron chi connectivity index (χ0n) is 6.00. The molecule has 0 aliphatic heterocycles. The molecule has 0 bridgehead atoms. The molecule has 2 heterocycles. The van der Waals surface area contributed by atoms with E-state index in [0.29, 0.717) is 11.5 Å². The van der Waals surface area contributed by atoms with Crippen molar-refractivity contribution in [2.24, 2.45) is 0 Å². The van der Waals surface area contributed by atoms with Gasteiger partial charge in [0.15, 0.2) is 0 Å². The first-order chi connectivity index (χ1) is 4.86. The molecule has 53 valence electrons. The molecule has 0 aromatic carbocycles. The van der Waals surface area contributed by atoms with E-state index in [1.165, 1.54) is 0 Å². The van der Waals surface area contributed by atoms with E-state index in [0.717, 1.165) is 5.52 Å². The standard InChI is InChI=1S/C6H5N4.Y/c1-4-7-2-5-6(10-4)9-3-8-5;/h3H,1H3,(H,7,8,9,10);/q-1;. The number of hydrogen-bond acceptors (Lipinski definition) is 3. The van der Waals surface area contributed by atoms with Gasteiger partial charge in [0, 0.05) is 38.5 Å². The predicted molar refractivity (Wildman–Crippen MR) is 35.3 cm³/mol. The van der Waals surface area contributed by atoms with E-state index >= 15 is 0 Å². The predicted octanol–water partition coefficient (Wildman–Crippen LogP) is 0.459. The van der Waals surface area contributed by atoms with E-state index < -0.39 is 0 Å². The van der Waals surface area contributed by atoms with Gasteiger partial charge in [-0.3, -0.25) is 4.98 Å². The number of imidazole rings is 1. The molecule has 1 radical (unpaired) electrons. The third-order valence-corrected chi connectivity index (χ3v) is 1.22. The van der Waals surface area contributed by atoms with Crippen LogP contribution in [0.1, 0.15) is 5.82 Å². The minimum Gasteiger partial charge on any atom is -0.371 e. The van der Waals surface area contributed by atoms with E-state index in [9.17, 15) is 0 Å². The van der Waals surface area contributed by atoms with Crippen LogP contribution in [0.15, 0.2) is 6.33 Å². The Morgan fingerprint density at radius 2 is 2.36 bits per heavy atom. The second-order valence-corrected chi connectivity index (χ2v) is 1.98. The molecular weight excluding hydrogens is 217 g/mol. The second kappa shape index (κ2) is 3.37. The maximum atomic E-state index is 4.05. The number of fused-ring (bicyclic) bond motifs is 1. The maximum Gasteiger partial charge on any atom is 0.0790 e. The Balaban J connectivity index is 0.000000605. The summed E-state index contributed by atoms with van der Waals surface area (Å²) in [7, 11) is 0. The molecular formula is C6H5N4Y-. The Kier molecular flexibility index (Phi) is 2.68. The van der Waals surface area contributed by atoms with E-state index in [-0.39, 0.29) is 32.7 Å². The molecule has 0 aliphatic carbocycles. The Hall–Kier alpha value is -0.346. The molecule has 0 saturated carbocycles. The number of nitrogens with zero attached hydrogens (tertiary/aromatic N) is 3. The quantitative estimate of drug-likeness (QED) is 0.658. The summed E-state index contributed by atoms with van der Waals surface area (Å²) < 4.78 is 0. The van der Waals surface area contributed by atoms with Gasteiger partial charge in [-0.2, -0.15) is 0 Å². The summed E-state index contributed by atoms with van der Waals surface area (Å²) in [4.78, 5) is 14.7. The van der Waals surface area contributed by atoms with Crippen molar-refractivity contribution in [2.45, 2.75) is 6.92 Å². The summed E-state index contributed by atoms with van der Waals surface area (Å²) in [5, 5.41) is 0. The molecule has 0 atom stereocenters. The Morgan fingerprint density at radius 1 is 1.55 bits per heavy atom. The van der Waals surface area contributed by atoms with Gasteiger partial charge in [-0.05, 0) is 5.52 Å². The molecule has 2 aromatic rings. The van der Waals surface area contributed by atoms with Crippen molar-refractivity contribution in [3.63, 3.8) is 0 Å². The van der Waals surface area contributed by atoms with Gasteiger partial charge in [-0.15, -0.1) is 0 Å². The maximum absolute atomic E-state index is 4.05. The topological polar surface area (TPSA) is 54.5 Å². The Bertz CT molecular complexity index is 356. The average Bonchev–Trinajstić information content (AvgIpc) is 2.33. The third-order valence-electron chi connectivity index (χ3n) is 1.22. The molecule has 2 aromatic heterocycles. The van der Waals surface area contributed by atoms with Crippen LogP contribution < -0.4 is 0 Å². The molecule has 11 heavy (non-hydrogen) atoms. The molecule has 0 saturated heterocycles. The van der Waals surface area contributed by atoms with Crippen molar-refractivity contribution < 1.29 is 32.7 Å². The molecule has 2 rings (SSSR count). The molecule has 0 aliphatic rings. The van der Waals surface area contributed by atoms with E-state index in [2.05, 4.69) is 26.1 Å². The van der Waals surface area contributed by atoms with Gasteiger partial charge < -0.3 is 15.0 Å². The van der Waals surface area contributed by atoms with Crippen LogP contribution in [0.4, 0.5) is 0 Å². The van der Waals surface area contributed by atoms with Gasteiger partial charge in [0.05, 0.1) is 12.0 Å². The van der Waals surface area contributed by atoms with Crippen molar-refractivity contribution in [2.75, 3.05) is 0 Å². The number of nitrogens with one attached hydrogen (secondary N) is 1. The van der Waals surface area contributed by atoms with E-state index in [4.69, 9.17) is 0 Å². The van der Waals surface area contributed by atoms with E-state index in [1.54, 1.807) is 6.33 Å². The van der Waals surface area contributed by atoms with Crippen molar-refractivity contribution in [1.29, 1.82) is 0 Å². The van der Waals surface area contributed by atoms with Crippen LogP contribution >= 0.6 is 0 Å². The van der Waals surface area contributed by atoms with Gasteiger partial charge >= 0.3 is 0 Å². The molecule has 0 amide bonds. The third kappa shape index (κ3) is 1.63. The Morgan fingerprint density at radius 3 is 3.18 bits per heavy atom. The van der Waals surface area contributed by atoms with Crippen LogP contribution in [0.2, 0.25) is 0 Å². The summed E-state index contributed by atoms with van der Waals surface area (Å²) >= 11 is 0. The monoisotopic (exact) mass is 222 g/mol. The summed E-state index contributed by atoms with van der Waals surface area (Å²) in [6.07, 6.45) is 4.35. The summed E-state index contributed by atoms with van der Waals surface area (Å²) in [6.45, 7) is 1.81. The second-order valence-electron chi connectivity index (χ2n) is 1.98. The van der Waals surface area contributed by atoms with Crippen molar-refractivity contribution in [1.82, 2.24) is 19.9 Å². The Labute approximate surface area is 88.7 Å². The molecule has 0 unspecified atom stereocenters. The normalized spacial score (nSPS) is 9.55. The fourth-order valence-corrected chi connectivity index (χ4v) is 0.769. The fraction of sp³-hybridized carbons (Fsp3) is 0.167. The molecule has 4 nitrogen and oxygen atoms in total. The van der Waals surface area contributed by atoms with Gasteiger partial charge in [0.25, 0.3) is 0 Å². The van der Waals surface area contributed by atoms with Gasteiger partial charge in [0.2, 0.25) is 0 Å². The number of rotatable bonds is 0. The first-order valence-corrected chi connectivity index (χ1v) is 2.91. The molecule has 5 heteroatoms. The van der Waals surface area contributed by atoms with Crippen LogP contribution in [0.3, 0.4) is 0 Å². The SMILES string of the molecule is Cc1n[c-]c2[nH]cnc2n1.[Y]. The smallest absolute Gasteiger partial charge is 0.0790 e. The van der Waals surface area contributed by atoms with Gasteiger partial charge in [-0.25, -0.2) is 0 Å². The fourth-order valence-electron chi connectivity index (χ4n) is 0.769. The number of aromatic amines is 1. The minimum atomic E-state index is 0. The number of H-pyrrole nitrogens is 1. The minimum absolute atomic E-state index is 0. The summed E-state index contributed by atoms with van der Waals surface area (Å²) in [5.74, 6) is 0.694. The average molecular weight is 222 g/mol. The zero-order chi connectivity index (χ0) is 6.97. The zero-order valence-corrected chi connectivity index (χ0v) is 8.83. The summed E-state index contributed by atoms with van der Waals surface area (Å²) in [5.41, 5.74) is 1.43. The largest absolute Gasteiger partial charge is 0.371 e. The van der Waals surface area contributed by atoms with Crippen molar-refractivity contribution in [3.05, 3.63) is 18.3 Å². The van der Waals surface area contributed by atoms with E-state index in [1.807, 2.05) is 6.92 Å². The van der Waals surface area contributed by atoms with Crippen molar-refractivity contribution >= 4 is 11.2 Å². The van der Waals surface area contributed by atoms with Gasteiger partial charge in [0.1, 0.15) is 0 Å². The first kappa shape index (κ1) is 8.75. The van der Waals surface area contributed by atoms with Crippen LogP contribution in [0.5, 0.6) is 0 Å². The van der Waals surface area contributed by atoms with Crippen LogP contribution in [0, 0.1) is 13.1 Å². The van der Waals surface area contributed by atoms with Gasteiger partial charge in [-0.1, -0.05) is 13.1 Å². The molecule has 0 spiro atoms. The van der Waals surface area contributed by atoms with Crippen LogP contribution in [-0.4, -0.2) is 19.9 Å². The van der Waals surface area contributed by atoms with Crippen molar-refractivity contribution in [3.8, 4) is 0 Å². The summed E-state index contributed by atoms with van der Waals surface area (Å²) in [6, 6.07) is 0. The number of hydrogen-bond donors (Lipinski definition) is 1. The molecule has 0 fully saturated rings. The van der Waals surface area contributed by atoms with Crippen LogP contribution in [0.25, 0.3) is 11.2 Å². The number of aromatic nitrogens is 4. The molecule has 1 N–H and O–H groups in total. The number of aryl methyl sites for hydroxylation is 1. The van der Waals surface area contributed by atoms with Crippen LogP contribution in [-0.2, 0) is 32.7 Å². The first-order valence-electron chi connectivity index (χ1n) is 2.91.